The van der Waals surface area contributed by atoms with E-state index in [1.54, 1.807) is 12.2 Å². The van der Waals surface area contributed by atoms with Gasteiger partial charge >= 0.3 is 5.97 Å². The number of rotatable bonds is 13. The standard InChI is InChI=1S/C20H34O6/c1-2-3-6-10-16(22)19-14-17(23)18(26-19)13-12-15(21)9-7-4-5-8-11-20(24)25/h4,7,12-13,15-19,21-23H,2-3,5-6,8-11,14H2,1H3,(H,24,25)/b7-4-,13-12+/t15-,16+,17+,18-,19+/m0/s1. The minimum atomic E-state index is -0.801. The summed E-state index contributed by atoms with van der Waals surface area (Å²) in [6, 6.07) is 0. The molecule has 0 aliphatic carbocycles. The summed E-state index contributed by atoms with van der Waals surface area (Å²) in [5, 5.41) is 38.7. The molecule has 0 radical (unpaired) electrons. The predicted molar refractivity (Wildman–Crippen MR) is 99.8 cm³/mol. The molecular formula is C20H34O6. The number of hydrogen-bond donors (Lipinski definition) is 4. The SMILES string of the molecule is CCCCC[C@@H](O)[C@H]1C[C@@H](O)[C@H](/C=C/[C@@H](O)C/C=C\CCCC(=O)O)O1. The molecule has 0 bridgehead atoms. The van der Waals surface area contributed by atoms with Gasteiger partial charge in [-0.25, -0.2) is 0 Å². The first-order chi connectivity index (χ1) is 12.4. The van der Waals surface area contributed by atoms with Crippen molar-refractivity contribution < 1.29 is 30.0 Å². The molecule has 0 aromatic heterocycles. The number of unbranched alkanes of at least 4 members (excludes halogenated alkanes) is 3. The molecule has 0 saturated carbocycles. The van der Waals surface area contributed by atoms with Gasteiger partial charge in [-0.1, -0.05) is 50.5 Å². The van der Waals surface area contributed by atoms with Crippen molar-refractivity contribution in [2.45, 2.75) is 95.2 Å². The van der Waals surface area contributed by atoms with E-state index in [0.717, 1.165) is 19.3 Å². The van der Waals surface area contributed by atoms with Gasteiger partial charge in [-0.2, -0.15) is 0 Å². The fraction of sp³-hybridized carbons (Fsp3) is 0.750. The molecule has 1 heterocycles. The zero-order chi connectivity index (χ0) is 19.4. The summed E-state index contributed by atoms with van der Waals surface area (Å²) in [5.41, 5.74) is 0. The number of aliphatic hydroxyl groups is 3. The summed E-state index contributed by atoms with van der Waals surface area (Å²) in [6.45, 7) is 2.11. The molecule has 6 heteroatoms. The zero-order valence-corrected chi connectivity index (χ0v) is 15.7. The molecule has 1 rings (SSSR count). The van der Waals surface area contributed by atoms with Gasteiger partial charge in [0.1, 0.15) is 6.10 Å². The predicted octanol–water partition coefficient (Wildman–Crippen LogP) is 2.56. The van der Waals surface area contributed by atoms with Crippen LogP contribution in [-0.2, 0) is 9.53 Å². The Morgan fingerprint density at radius 2 is 2.00 bits per heavy atom. The molecule has 4 N–H and O–H groups in total. The third kappa shape index (κ3) is 9.48. The first-order valence-electron chi connectivity index (χ1n) is 9.68. The van der Waals surface area contributed by atoms with Crippen molar-refractivity contribution in [1.29, 1.82) is 0 Å². The summed E-state index contributed by atoms with van der Waals surface area (Å²) in [6.07, 6.45) is 10.2. The van der Waals surface area contributed by atoms with E-state index in [1.165, 1.54) is 0 Å². The fourth-order valence-corrected chi connectivity index (χ4v) is 2.97. The number of aliphatic hydroxyl groups excluding tert-OH is 3. The molecule has 1 saturated heterocycles. The van der Waals surface area contributed by atoms with E-state index < -0.39 is 30.4 Å². The lowest BCUT2D eigenvalue weighted by molar-refractivity contribution is -0.137. The van der Waals surface area contributed by atoms with Crippen LogP contribution in [0, 0.1) is 0 Å². The Kier molecular flexibility index (Phi) is 11.4. The molecule has 0 unspecified atom stereocenters. The third-order valence-electron chi connectivity index (χ3n) is 4.55. The normalized spacial score (nSPS) is 25.9. The van der Waals surface area contributed by atoms with Crippen molar-refractivity contribution in [3.8, 4) is 0 Å². The lowest BCUT2D eigenvalue weighted by Crippen LogP contribution is -2.26. The van der Waals surface area contributed by atoms with Crippen molar-refractivity contribution in [3.05, 3.63) is 24.3 Å². The third-order valence-corrected chi connectivity index (χ3v) is 4.55. The van der Waals surface area contributed by atoms with Crippen LogP contribution < -0.4 is 0 Å². The molecule has 26 heavy (non-hydrogen) atoms. The molecule has 0 spiro atoms. The highest BCUT2D eigenvalue weighted by Crippen LogP contribution is 2.26. The average molecular weight is 370 g/mol. The van der Waals surface area contributed by atoms with Crippen LogP contribution in [0.3, 0.4) is 0 Å². The lowest BCUT2D eigenvalue weighted by atomic mass is 10.0. The van der Waals surface area contributed by atoms with Crippen LogP contribution in [-0.4, -0.2) is 56.9 Å². The highest BCUT2D eigenvalue weighted by atomic mass is 16.5. The average Bonchev–Trinajstić information content (AvgIpc) is 2.97. The van der Waals surface area contributed by atoms with Gasteiger partial charge in [-0.3, -0.25) is 4.79 Å². The van der Waals surface area contributed by atoms with Crippen LogP contribution in [0.1, 0.15) is 64.7 Å². The largest absolute Gasteiger partial charge is 0.481 e. The fourth-order valence-electron chi connectivity index (χ4n) is 2.97. The van der Waals surface area contributed by atoms with Gasteiger partial charge < -0.3 is 25.2 Å². The molecule has 0 amide bonds. The van der Waals surface area contributed by atoms with Gasteiger partial charge in [0.05, 0.1) is 24.4 Å². The minimum absolute atomic E-state index is 0.148. The van der Waals surface area contributed by atoms with Gasteiger partial charge in [0.2, 0.25) is 0 Å². The Morgan fingerprint density at radius 1 is 1.23 bits per heavy atom. The van der Waals surface area contributed by atoms with Gasteiger partial charge in [0, 0.05) is 12.8 Å². The second-order valence-corrected chi connectivity index (χ2v) is 6.95. The first kappa shape index (κ1) is 22.8. The quantitative estimate of drug-likeness (QED) is 0.293. The maximum absolute atomic E-state index is 10.4. The van der Waals surface area contributed by atoms with Gasteiger partial charge in [0.15, 0.2) is 0 Å². The van der Waals surface area contributed by atoms with Crippen molar-refractivity contribution in [1.82, 2.24) is 0 Å². The maximum Gasteiger partial charge on any atom is 0.303 e. The highest BCUT2D eigenvalue weighted by molar-refractivity contribution is 5.66. The van der Waals surface area contributed by atoms with Crippen LogP contribution in [0.4, 0.5) is 0 Å². The van der Waals surface area contributed by atoms with Crippen molar-refractivity contribution in [2.24, 2.45) is 0 Å². The summed E-state index contributed by atoms with van der Waals surface area (Å²) in [7, 11) is 0. The highest BCUT2D eigenvalue weighted by Gasteiger charge is 2.36. The first-order valence-corrected chi connectivity index (χ1v) is 9.68. The van der Waals surface area contributed by atoms with Gasteiger partial charge in [-0.05, 0) is 25.7 Å². The van der Waals surface area contributed by atoms with E-state index in [4.69, 9.17) is 9.84 Å². The van der Waals surface area contributed by atoms with Crippen LogP contribution in [0.25, 0.3) is 0 Å². The van der Waals surface area contributed by atoms with E-state index in [9.17, 15) is 20.1 Å². The second kappa shape index (κ2) is 13.0. The molecule has 1 aliphatic heterocycles. The van der Waals surface area contributed by atoms with Gasteiger partial charge in [-0.15, -0.1) is 0 Å². The molecule has 1 fully saturated rings. The van der Waals surface area contributed by atoms with E-state index in [-0.39, 0.29) is 12.5 Å². The number of aliphatic carboxylic acids is 1. The molecule has 150 valence electrons. The Labute approximate surface area is 156 Å². The number of carbonyl (C=O) groups is 1. The van der Waals surface area contributed by atoms with Gasteiger partial charge in [0.25, 0.3) is 0 Å². The summed E-state index contributed by atoms with van der Waals surface area (Å²) in [5.74, 6) is -0.801. The maximum atomic E-state index is 10.4. The molecular weight excluding hydrogens is 336 g/mol. The second-order valence-electron chi connectivity index (χ2n) is 6.95. The zero-order valence-electron chi connectivity index (χ0n) is 15.7. The molecule has 1 aliphatic rings. The Balaban J connectivity index is 2.29. The summed E-state index contributed by atoms with van der Waals surface area (Å²) >= 11 is 0. The van der Waals surface area contributed by atoms with E-state index in [2.05, 4.69) is 6.92 Å². The number of allylic oxidation sites excluding steroid dienone is 1. The Hall–Kier alpha value is -1.21. The Morgan fingerprint density at radius 3 is 2.69 bits per heavy atom. The van der Waals surface area contributed by atoms with Crippen molar-refractivity contribution >= 4 is 5.97 Å². The van der Waals surface area contributed by atoms with Crippen LogP contribution in [0.15, 0.2) is 24.3 Å². The summed E-state index contributed by atoms with van der Waals surface area (Å²) < 4.78 is 5.73. The number of ether oxygens (including phenoxy) is 1. The topological polar surface area (TPSA) is 107 Å². The van der Waals surface area contributed by atoms with Crippen LogP contribution >= 0.6 is 0 Å². The lowest BCUT2D eigenvalue weighted by Gasteiger charge is -2.18. The van der Waals surface area contributed by atoms with E-state index in [0.29, 0.717) is 32.1 Å². The number of carboxylic acids is 1. The molecule has 6 nitrogen and oxygen atoms in total. The number of hydrogen-bond acceptors (Lipinski definition) is 5. The minimum Gasteiger partial charge on any atom is -0.481 e. The molecule has 0 aromatic carbocycles. The Bertz CT molecular complexity index is 448. The molecule has 5 atom stereocenters. The monoisotopic (exact) mass is 370 g/mol. The van der Waals surface area contributed by atoms with E-state index in [1.807, 2.05) is 12.2 Å². The van der Waals surface area contributed by atoms with Crippen molar-refractivity contribution in [3.63, 3.8) is 0 Å². The number of carboxylic acid groups (broad SMARTS) is 1. The van der Waals surface area contributed by atoms with Crippen LogP contribution in [0.5, 0.6) is 0 Å². The van der Waals surface area contributed by atoms with E-state index >= 15 is 0 Å². The van der Waals surface area contributed by atoms with Crippen molar-refractivity contribution in [2.75, 3.05) is 0 Å². The summed E-state index contributed by atoms with van der Waals surface area (Å²) in [4.78, 5) is 10.4. The molecule has 0 aromatic rings. The van der Waals surface area contributed by atoms with Crippen LogP contribution in [0.2, 0.25) is 0 Å². The smallest absolute Gasteiger partial charge is 0.303 e.